The highest BCUT2D eigenvalue weighted by atomic mass is 16.6. The number of rotatable bonds is 3. The minimum absolute atomic E-state index is 0.121. The van der Waals surface area contributed by atoms with Crippen molar-refractivity contribution in [2.75, 3.05) is 19.8 Å². The standard InChI is InChI=1S/C13H16N2O3/c14-15-13(12-8-16-5-6-17-12)11-7-9-3-1-2-4-10(9)18-11/h1-4,7,12-13,15H,5-6,8,14H2. The van der Waals surface area contributed by atoms with Gasteiger partial charge in [0.15, 0.2) is 0 Å². The normalized spacial score (nSPS) is 22.2. The maximum absolute atomic E-state index is 5.80. The first-order chi connectivity index (χ1) is 8.88. The van der Waals surface area contributed by atoms with Gasteiger partial charge in [0.25, 0.3) is 0 Å². The van der Waals surface area contributed by atoms with Crippen LogP contribution >= 0.6 is 0 Å². The molecule has 3 rings (SSSR count). The second-order valence-corrected chi connectivity index (χ2v) is 4.32. The molecule has 2 aromatic rings. The highest BCUT2D eigenvalue weighted by Gasteiger charge is 2.28. The molecule has 2 heterocycles. The first-order valence-electron chi connectivity index (χ1n) is 6.02. The van der Waals surface area contributed by atoms with E-state index < -0.39 is 0 Å². The van der Waals surface area contributed by atoms with E-state index in [9.17, 15) is 0 Å². The van der Waals surface area contributed by atoms with Gasteiger partial charge in [-0.05, 0) is 12.1 Å². The van der Waals surface area contributed by atoms with E-state index in [4.69, 9.17) is 19.7 Å². The second-order valence-electron chi connectivity index (χ2n) is 4.32. The first-order valence-corrected chi connectivity index (χ1v) is 6.02. The zero-order valence-corrected chi connectivity index (χ0v) is 9.96. The molecule has 0 amide bonds. The maximum Gasteiger partial charge on any atom is 0.134 e. The summed E-state index contributed by atoms with van der Waals surface area (Å²) in [4.78, 5) is 0. The van der Waals surface area contributed by atoms with Crippen molar-refractivity contribution in [2.45, 2.75) is 12.1 Å². The molecule has 0 bridgehead atoms. The Bertz CT molecular complexity index is 487. The number of hydrogen-bond donors (Lipinski definition) is 2. The zero-order chi connectivity index (χ0) is 12.4. The van der Waals surface area contributed by atoms with E-state index in [1.807, 2.05) is 30.3 Å². The summed E-state index contributed by atoms with van der Waals surface area (Å²) in [7, 11) is 0. The molecule has 5 nitrogen and oxygen atoms in total. The van der Waals surface area contributed by atoms with E-state index in [-0.39, 0.29) is 12.1 Å². The van der Waals surface area contributed by atoms with Crippen molar-refractivity contribution < 1.29 is 13.9 Å². The molecule has 0 saturated carbocycles. The highest BCUT2D eigenvalue weighted by Crippen LogP contribution is 2.27. The molecule has 5 heteroatoms. The van der Waals surface area contributed by atoms with Gasteiger partial charge in [-0.15, -0.1) is 0 Å². The summed E-state index contributed by atoms with van der Waals surface area (Å²) in [6.45, 7) is 1.74. The summed E-state index contributed by atoms with van der Waals surface area (Å²) in [5, 5.41) is 1.06. The summed E-state index contributed by atoms with van der Waals surface area (Å²) in [6.07, 6.45) is -0.121. The van der Waals surface area contributed by atoms with Gasteiger partial charge in [-0.2, -0.15) is 0 Å². The van der Waals surface area contributed by atoms with Gasteiger partial charge in [0, 0.05) is 5.39 Å². The number of para-hydroxylation sites is 1. The molecule has 96 valence electrons. The Labute approximate surface area is 105 Å². The predicted octanol–water partition coefficient (Wildman–Crippen LogP) is 1.35. The Morgan fingerprint density at radius 3 is 2.89 bits per heavy atom. The number of nitrogens with two attached hydrogens (primary N) is 1. The molecular weight excluding hydrogens is 232 g/mol. The lowest BCUT2D eigenvalue weighted by atomic mass is 10.1. The van der Waals surface area contributed by atoms with Crippen LogP contribution in [0, 0.1) is 0 Å². The van der Waals surface area contributed by atoms with Gasteiger partial charge in [-0.1, -0.05) is 18.2 Å². The van der Waals surface area contributed by atoms with Crippen molar-refractivity contribution in [2.24, 2.45) is 5.84 Å². The molecular formula is C13H16N2O3. The summed E-state index contributed by atoms with van der Waals surface area (Å²) in [6, 6.07) is 9.65. The van der Waals surface area contributed by atoms with Gasteiger partial charge in [-0.3, -0.25) is 5.84 Å². The third kappa shape index (κ3) is 2.13. The molecule has 1 aromatic carbocycles. The van der Waals surface area contributed by atoms with Crippen molar-refractivity contribution in [3.63, 3.8) is 0 Å². The van der Waals surface area contributed by atoms with Crippen LogP contribution in [0.4, 0.5) is 0 Å². The van der Waals surface area contributed by atoms with Crippen LogP contribution in [-0.2, 0) is 9.47 Å². The molecule has 3 N–H and O–H groups in total. The van der Waals surface area contributed by atoms with E-state index >= 15 is 0 Å². The summed E-state index contributed by atoms with van der Waals surface area (Å²) in [5.41, 5.74) is 3.60. The molecule has 0 spiro atoms. The second kappa shape index (κ2) is 5.07. The molecule has 18 heavy (non-hydrogen) atoms. The number of benzene rings is 1. The number of fused-ring (bicyclic) bond motifs is 1. The van der Waals surface area contributed by atoms with E-state index in [0.29, 0.717) is 19.8 Å². The quantitative estimate of drug-likeness (QED) is 0.634. The smallest absolute Gasteiger partial charge is 0.134 e. The Kier molecular flexibility index (Phi) is 3.29. The van der Waals surface area contributed by atoms with Crippen molar-refractivity contribution in [3.8, 4) is 0 Å². The third-order valence-electron chi connectivity index (χ3n) is 3.14. The average molecular weight is 248 g/mol. The fourth-order valence-corrected chi connectivity index (χ4v) is 2.23. The van der Waals surface area contributed by atoms with Gasteiger partial charge in [0.2, 0.25) is 0 Å². The number of furan rings is 1. The lowest BCUT2D eigenvalue weighted by molar-refractivity contribution is -0.104. The van der Waals surface area contributed by atoms with E-state index in [2.05, 4.69) is 5.43 Å². The molecule has 1 aromatic heterocycles. The lowest BCUT2D eigenvalue weighted by Crippen LogP contribution is -2.43. The van der Waals surface area contributed by atoms with Crippen molar-refractivity contribution in [1.82, 2.24) is 5.43 Å². The molecule has 1 aliphatic heterocycles. The molecule has 2 atom stereocenters. The van der Waals surface area contributed by atoms with Crippen molar-refractivity contribution in [1.29, 1.82) is 0 Å². The van der Waals surface area contributed by atoms with E-state index in [1.165, 1.54) is 0 Å². The lowest BCUT2D eigenvalue weighted by Gasteiger charge is -2.28. The van der Waals surface area contributed by atoms with Crippen LogP contribution in [0.25, 0.3) is 11.0 Å². The number of hydrazine groups is 1. The van der Waals surface area contributed by atoms with Crippen LogP contribution in [0.1, 0.15) is 11.8 Å². The Morgan fingerprint density at radius 2 is 2.17 bits per heavy atom. The monoisotopic (exact) mass is 248 g/mol. The fourth-order valence-electron chi connectivity index (χ4n) is 2.23. The predicted molar refractivity (Wildman–Crippen MR) is 66.8 cm³/mol. The molecule has 0 aliphatic carbocycles. The molecule has 2 unspecified atom stereocenters. The van der Waals surface area contributed by atoms with Crippen molar-refractivity contribution in [3.05, 3.63) is 36.1 Å². The summed E-state index contributed by atoms with van der Waals surface area (Å²) in [5.74, 6) is 6.38. The zero-order valence-electron chi connectivity index (χ0n) is 9.96. The first kappa shape index (κ1) is 11.7. The SMILES string of the molecule is NNC(c1cc2ccccc2o1)C1COCCO1. The minimum Gasteiger partial charge on any atom is -0.459 e. The van der Waals surface area contributed by atoms with Crippen LogP contribution in [0.15, 0.2) is 34.7 Å². The minimum atomic E-state index is -0.197. The number of ether oxygens (including phenoxy) is 2. The van der Waals surface area contributed by atoms with Crippen LogP contribution in [-0.4, -0.2) is 25.9 Å². The van der Waals surface area contributed by atoms with Gasteiger partial charge in [-0.25, -0.2) is 5.43 Å². The fraction of sp³-hybridized carbons (Fsp3) is 0.385. The number of hydrogen-bond acceptors (Lipinski definition) is 5. The average Bonchev–Trinajstić information content (AvgIpc) is 2.84. The summed E-state index contributed by atoms with van der Waals surface area (Å²) >= 11 is 0. The Hall–Kier alpha value is -1.40. The summed E-state index contributed by atoms with van der Waals surface area (Å²) < 4.78 is 16.8. The molecule has 1 aliphatic rings. The van der Waals surface area contributed by atoms with Gasteiger partial charge >= 0.3 is 0 Å². The third-order valence-corrected chi connectivity index (χ3v) is 3.14. The van der Waals surface area contributed by atoms with Crippen LogP contribution < -0.4 is 11.3 Å². The van der Waals surface area contributed by atoms with E-state index in [1.54, 1.807) is 0 Å². The van der Waals surface area contributed by atoms with Gasteiger partial charge in [0.1, 0.15) is 23.5 Å². The Morgan fingerprint density at radius 1 is 1.28 bits per heavy atom. The highest BCUT2D eigenvalue weighted by molar-refractivity contribution is 5.77. The van der Waals surface area contributed by atoms with Crippen LogP contribution in [0.5, 0.6) is 0 Å². The van der Waals surface area contributed by atoms with Gasteiger partial charge in [0.05, 0.1) is 19.8 Å². The molecule has 0 radical (unpaired) electrons. The molecule has 1 saturated heterocycles. The molecule has 1 fully saturated rings. The topological polar surface area (TPSA) is 69.7 Å². The van der Waals surface area contributed by atoms with Crippen molar-refractivity contribution >= 4 is 11.0 Å². The number of nitrogens with one attached hydrogen (secondary N) is 1. The van der Waals surface area contributed by atoms with E-state index in [0.717, 1.165) is 16.7 Å². The largest absolute Gasteiger partial charge is 0.459 e. The van der Waals surface area contributed by atoms with Crippen LogP contribution in [0.2, 0.25) is 0 Å². The maximum atomic E-state index is 5.80. The Balaban J connectivity index is 1.90. The van der Waals surface area contributed by atoms with Gasteiger partial charge < -0.3 is 13.9 Å². The van der Waals surface area contributed by atoms with Crippen LogP contribution in [0.3, 0.4) is 0 Å².